The average molecular weight is 405 g/mol. The second-order valence-corrected chi connectivity index (χ2v) is 7.14. The van der Waals surface area contributed by atoms with E-state index >= 15 is 0 Å². The van der Waals surface area contributed by atoms with Crippen molar-refractivity contribution in [2.75, 3.05) is 0 Å². The summed E-state index contributed by atoms with van der Waals surface area (Å²) in [6.45, 7) is 0. The van der Waals surface area contributed by atoms with Crippen molar-refractivity contribution in [3.05, 3.63) is 73.4 Å². The van der Waals surface area contributed by atoms with Crippen molar-refractivity contribution in [1.82, 2.24) is 35.1 Å². The molecule has 8 nitrogen and oxygen atoms in total. The lowest BCUT2D eigenvalue weighted by atomic mass is 10.1. The molecule has 0 aliphatic rings. The number of nitrogens with zero attached hydrogens (tertiary/aromatic N) is 5. The summed E-state index contributed by atoms with van der Waals surface area (Å²) in [7, 11) is 0. The Hall–Kier alpha value is -4.59. The fourth-order valence-electron chi connectivity index (χ4n) is 3.75. The number of pyridine rings is 4. The Labute approximate surface area is 175 Å². The molecule has 0 atom stereocenters. The minimum Gasteiger partial charge on any atom is -0.506 e. The molecular weight excluding hydrogens is 390 g/mol. The zero-order valence-electron chi connectivity index (χ0n) is 16.1. The van der Waals surface area contributed by atoms with Crippen LogP contribution in [0.4, 0.5) is 0 Å². The van der Waals surface area contributed by atoms with E-state index < -0.39 is 0 Å². The Morgan fingerprint density at radius 1 is 0.839 bits per heavy atom. The Kier molecular flexibility index (Phi) is 3.76. The van der Waals surface area contributed by atoms with E-state index in [1.165, 1.54) is 6.20 Å². The van der Waals surface area contributed by atoms with Crippen LogP contribution in [-0.2, 0) is 0 Å². The van der Waals surface area contributed by atoms with Gasteiger partial charge in [-0.2, -0.15) is 5.10 Å². The minimum absolute atomic E-state index is 0.0946. The van der Waals surface area contributed by atoms with Gasteiger partial charge in [0.1, 0.15) is 22.6 Å². The van der Waals surface area contributed by atoms with Gasteiger partial charge in [-0.05, 0) is 53.6 Å². The number of aromatic hydroxyl groups is 1. The average Bonchev–Trinajstić information content (AvgIpc) is 3.43. The molecule has 31 heavy (non-hydrogen) atoms. The standard InChI is InChI=1S/C23H15N7O/c31-15-9-14(11-25-12-15)18-1-2-19-21(27-18)22(30-29-19)20-10-17-16(5-8-26-23(17)28-20)13-3-6-24-7-4-13/h1-12,31H,(H,26,28)(H,29,30). The van der Waals surface area contributed by atoms with Gasteiger partial charge in [0.25, 0.3) is 0 Å². The van der Waals surface area contributed by atoms with Crippen LogP contribution >= 0.6 is 0 Å². The maximum absolute atomic E-state index is 9.76. The van der Waals surface area contributed by atoms with E-state index in [2.05, 4.69) is 30.1 Å². The lowest BCUT2D eigenvalue weighted by Crippen LogP contribution is -1.87. The third kappa shape index (κ3) is 2.89. The fourth-order valence-corrected chi connectivity index (χ4v) is 3.75. The highest BCUT2D eigenvalue weighted by Gasteiger charge is 2.16. The SMILES string of the molecule is Oc1cncc(-c2ccc3[nH]nc(-c4cc5c(-c6ccncc6)ccnc5[nH]4)c3n2)c1. The van der Waals surface area contributed by atoms with Crippen molar-refractivity contribution in [1.29, 1.82) is 0 Å². The predicted octanol–water partition coefficient (Wildman–Crippen LogP) is 4.33. The summed E-state index contributed by atoms with van der Waals surface area (Å²) < 4.78 is 0. The van der Waals surface area contributed by atoms with Crippen molar-refractivity contribution in [3.8, 4) is 39.5 Å². The number of hydrogen-bond donors (Lipinski definition) is 3. The van der Waals surface area contributed by atoms with Gasteiger partial charge in [-0.25, -0.2) is 9.97 Å². The quantitative estimate of drug-likeness (QED) is 0.403. The molecule has 8 heteroatoms. The molecule has 148 valence electrons. The van der Waals surface area contributed by atoms with Crippen LogP contribution in [0.15, 0.2) is 73.4 Å². The lowest BCUT2D eigenvalue weighted by molar-refractivity contribution is 0.473. The Morgan fingerprint density at radius 3 is 2.61 bits per heavy atom. The molecule has 0 aromatic carbocycles. The first kappa shape index (κ1) is 17.3. The summed E-state index contributed by atoms with van der Waals surface area (Å²) in [5.41, 5.74) is 7.38. The van der Waals surface area contributed by atoms with Gasteiger partial charge in [-0.1, -0.05) is 0 Å². The Balaban J connectivity index is 1.51. The molecule has 0 aliphatic heterocycles. The summed E-state index contributed by atoms with van der Waals surface area (Å²) in [6.07, 6.45) is 8.40. The van der Waals surface area contributed by atoms with E-state index in [0.29, 0.717) is 11.4 Å². The predicted molar refractivity (Wildman–Crippen MR) is 117 cm³/mol. The molecule has 0 fully saturated rings. The number of H-pyrrole nitrogens is 2. The summed E-state index contributed by atoms with van der Waals surface area (Å²) in [5.74, 6) is 0.0946. The highest BCUT2D eigenvalue weighted by atomic mass is 16.3. The largest absolute Gasteiger partial charge is 0.506 e. The number of hydrogen-bond acceptors (Lipinski definition) is 6. The summed E-state index contributed by atoms with van der Waals surface area (Å²) in [4.78, 5) is 20.8. The highest BCUT2D eigenvalue weighted by molar-refractivity contribution is 5.98. The van der Waals surface area contributed by atoms with Gasteiger partial charge in [-0.15, -0.1) is 0 Å². The Morgan fingerprint density at radius 2 is 1.74 bits per heavy atom. The summed E-state index contributed by atoms with van der Waals surface area (Å²) in [5, 5.41) is 18.3. The van der Waals surface area contributed by atoms with Gasteiger partial charge in [0.15, 0.2) is 0 Å². The second-order valence-electron chi connectivity index (χ2n) is 7.14. The highest BCUT2D eigenvalue weighted by Crippen LogP contribution is 2.33. The van der Waals surface area contributed by atoms with Gasteiger partial charge >= 0.3 is 0 Å². The molecule has 0 saturated heterocycles. The molecule has 3 N–H and O–H groups in total. The van der Waals surface area contributed by atoms with Crippen LogP contribution in [-0.4, -0.2) is 40.2 Å². The van der Waals surface area contributed by atoms with Gasteiger partial charge in [0.05, 0.1) is 23.1 Å². The van der Waals surface area contributed by atoms with Crippen LogP contribution in [0, 0.1) is 0 Å². The van der Waals surface area contributed by atoms with Crippen LogP contribution in [0.1, 0.15) is 0 Å². The van der Waals surface area contributed by atoms with Gasteiger partial charge in [0, 0.05) is 35.7 Å². The smallest absolute Gasteiger partial charge is 0.138 e. The molecule has 0 saturated carbocycles. The monoisotopic (exact) mass is 405 g/mol. The number of aromatic amines is 2. The molecule has 0 spiro atoms. The van der Waals surface area contributed by atoms with Crippen molar-refractivity contribution in [2.45, 2.75) is 0 Å². The number of rotatable bonds is 3. The van der Waals surface area contributed by atoms with Crippen LogP contribution < -0.4 is 0 Å². The normalized spacial score (nSPS) is 11.4. The van der Waals surface area contributed by atoms with Crippen LogP contribution in [0.2, 0.25) is 0 Å². The van der Waals surface area contributed by atoms with Crippen LogP contribution in [0.5, 0.6) is 5.75 Å². The lowest BCUT2D eigenvalue weighted by Gasteiger charge is -2.02. The van der Waals surface area contributed by atoms with Crippen molar-refractivity contribution >= 4 is 22.1 Å². The molecular formula is C23H15N7O. The van der Waals surface area contributed by atoms with E-state index in [-0.39, 0.29) is 5.75 Å². The molecule has 6 aromatic heterocycles. The number of aromatic nitrogens is 7. The topological polar surface area (TPSA) is 116 Å². The first-order valence-electron chi connectivity index (χ1n) is 9.64. The first-order valence-corrected chi connectivity index (χ1v) is 9.64. The zero-order valence-corrected chi connectivity index (χ0v) is 16.1. The van der Waals surface area contributed by atoms with E-state index in [0.717, 1.165) is 44.5 Å². The molecule has 6 heterocycles. The molecule has 0 aliphatic carbocycles. The molecule has 0 amide bonds. The van der Waals surface area contributed by atoms with Gasteiger partial charge in [-0.3, -0.25) is 15.1 Å². The Bertz CT molecular complexity index is 1550. The van der Waals surface area contributed by atoms with E-state index in [4.69, 9.17) is 4.98 Å². The fraction of sp³-hybridized carbons (Fsp3) is 0. The number of nitrogens with one attached hydrogen (secondary N) is 2. The summed E-state index contributed by atoms with van der Waals surface area (Å²) in [6, 6.07) is 13.4. The van der Waals surface area contributed by atoms with E-state index in [1.807, 2.05) is 36.4 Å². The van der Waals surface area contributed by atoms with Crippen molar-refractivity contribution in [3.63, 3.8) is 0 Å². The van der Waals surface area contributed by atoms with Crippen LogP contribution in [0.25, 0.3) is 55.8 Å². The first-order chi connectivity index (χ1) is 15.3. The number of fused-ring (bicyclic) bond motifs is 2. The third-order valence-electron chi connectivity index (χ3n) is 5.21. The van der Waals surface area contributed by atoms with Crippen molar-refractivity contribution < 1.29 is 5.11 Å². The van der Waals surface area contributed by atoms with E-state index in [9.17, 15) is 5.11 Å². The zero-order chi connectivity index (χ0) is 20.8. The van der Waals surface area contributed by atoms with Crippen LogP contribution in [0.3, 0.4) is 0 Å². The molecule has 6 aromatic rings. The minimum atomic E-state index is 0.0946. The molecule has 0 unspecified atom stereocenters. The maximum Gasteiger partial charge on any atom is 0.138 e. The van der Waals surface area contributed by atoms with Gasteiger partial charge < -0.3 is 10.1 Å². The molecule has 6 rings (SSSR count). The van der Waals surface area contributed by atoms with E-state index in [1.54, 1.807) is 30.9 Å². The van der Waals surface area contributed by atoms with Gasteiger partial charge in [0.2, 0.25) is 0 Å². The van der Waals surface area contributed by atoms with Crippen molar-refractivity contribution in [2.24, 2.45) is 0 Å². The molecule has 0 radical (unpaired) electrons. The summed E-state index contributed by atoms with van der Waals surface area (Å²) >= 11 is 0. The maximum atomic E-state index is 9.76. The third-order valence-corrected chi connectivity index (χ3v) is 5.21. The second kappa shape index (κ2) is 6.74. The molecule has 0 bridgehead atoms.